The molecule has 0 unspecified atom stereocenters. The highest BCUT2D eigenvalue weighted by atomic mass is 16.5. The molecule has 0 atom stereocenters. The lowest BCUT2D eigenvalue weighted by Gasteiger charge is -2.13. The second-order valence-electron chi connectivity index (χ2n) is 12.2. The highest BCUT2D eigenvalue weighted by Crippen LogP contribution is 2.31. The molecular weight excluding hydrogens is 568 g/mol. The summed E-state index contributed by atoms with van der Waals surface area (Å²) in [4.78, 5) is 10.9. The van der Waals surface area contributed by atoms with E-state index >= 15 is 0 Å². The molecule has 4 heteroatoms. The van der Waals surface area contributed by atoms with Crippen LogP contribution in [0.3, 0.4) is 0 Å². The van der Waals surface area contributed by atoms with Gasteiger partial charge >= 0.3 is 5.97 Å². The van der Waals surface area contributed by atoms with Crippen molar-refractivity contribution in [3.05, 3.63) is 149 Å². The lowest BCUT2D eigenvalue weighted by atomic mass is 9.93. The Hall–Kier alpha value is -5.09. The molecule has 4 nitrogen and oxygen atoms in total. The predicted octanol–water partition coefficient (Wildman–Crippen LogP) is 10.5. The summed E-state index contributed by atoms with van der Waals surface area (Å²) in [5.41, 5.74) is 11.5. The molecule has 0 fully saturated rings. The van der Waals surface area contributed by atoms with E-state index in [-0.39, 0.29) is 6.61 Å². The fourth-order valence-electron chi connectivity index (χ4n) is 5.44. The first kappa shape index (κ1) is 32.3. The Kier molecular flexibility index (Phi) is 10.4. The quantitative estimate of drug-likeness (QED) is 0.153. The average molecular weight is 611 g/mol. The number of aliphatic carboxylic acids is 1. The number of carboxylic acids is 1. The largest absolute Gasteiger partial charge is 0.489 e. The maximum Gasteiger partial charge on any atom is 0.341 e. The Bertz CT molecular complexity index is 1680. The van der Waals surface area contributed by atoms with Gasteiger partial charge in [-0.3, -0.25) is 0 Å². The van der Waals surface area contributed by atoms with Gasteiger partial charge < -0.3 is 14.6 Å². The number of hydrogen-bond acceptors (Lipinski definition) is 3. The summed E-state index contributed by atoms with van der Waals surface area (Å²) >= 11 is 0. The van der Waals surface area contributed by atoms with Crippen molar-refractivity contribution < 1.29 is 19.4 Å². The number of carboxylic acid groups (broad SMARTS) is 1. The van der Waals surface area contributed by atoms with E-state index in [2.05, 4.69) is 131 Å². The van der Waals surface area contributed by atoms with Crippen molar-refractivity contribution in [2.45, 2.75) is 46.5 Å². The van der Waals surface area contributed by atoms with E-state index in [1.54, 1.807) is 12.1 Å². The van der Waals surface area contributed by atoms with E-state index in [0.29, 0.717) is 29.9 Å². The molecule has 0 aliphatic carbocycles. The summed E-state index contributed by atoms with van der Waals surface area (Å²) < 4.78 is 11.5. The third-order valence-corrected chi connectivity index (χ3v) is 8.25. The molecule has 0 aliphatic heterocycles. The highest BCUT2D eigenvalue weighted by molar-refractivity contribution is 5.82. The smallest absolute Gasteiger partial charge is 0.341 e. The molecule has 5 aromatic carbocycles. The maximum atomic E-state index is 10.9. The summed E-state index contributed by atoms with van der Waals surface area (Å²) in [5, 5.41) is 8.92. The van der Waals surface area contributed by atoms with E-state index < -0.39 is 5.97 Å². The molecule has 1 N–H and O–H groups in total. The number of benzene rings is 5. The highest BCUT2D eigenvalue weighted by Gasteiger charge is 2.10. The molecular formula is C42H42O4. The van der Waals surface area contributed by atoms with Gasteiger partial charge in [0.2, 0.25) is 0 Å². The van der Waals surface area contributed by atoms with Gasteiger partial charge in [-0.05, 0) is 98.7 Å². The molecule has 234 valence electrons. The van der Waals surface area contributed by atoms with Gasteiger partial charge in [0.1, 0.15) is 18.1 Å². The summed E-state index contributed by atoms with van der Waals surface area (Å²) in [6.07, 6.45) is 2.11. The van der Waals surface area contributed by atoms with Crippen LogP contribution in [0.5, 0.6) is 11.5 Å². The van der Waals surface area contributed by atoms with Gasteiger partial charge in [0.05, 0.1) is 0 Å². The van der Waals surface area contributed by atoms with Gasteiger partial charge in [0.15, 0.2) is 6.61 Å². The SMILES string of the molecule is Cc1cc(OCC=C(c2ccc(-c3ccc(C(C)C)cc3)cc2)c2ccc(-c3ccc(C(C)C)cc3)cc2)ccc1OCC(=O)O. The number of carbonyl (C=O) groups is 1. The Morgan fingerprint density at radius 1 is 0.630 bits per heavy atom. The van der Waals surface area contributed by atoms with E-state index in [9.17, 15) is 4.79 Å². The van der Waals surface area contributed by atoms with Crippen LogP contribution in [-0.2, 0) is 4.79 Å². The summed E-state index contributed by atoms with van der Waals surface area (Å²) in [6, 6.07) is 40.5. The number of rotatable bonds is 12. The Morgan fingerprint density at radius 2 is 1.07 bits per heavy atom. The van der Waals surface area contributed by atoms with Gasteiger partial charge in [-0.1, -0.05) is 125 Å². The van der Waals surface area contributed by atoms with Crippen molar-refractivity contribution >= 4 is 11.5 Å². The van der Waals surface area contributed by atoms with Crippen LogP contribution in [0.1, 0.15) is 67.3 Å². The van der Waals surface area contributed by atoms with E-state index in [0.717, 1.165) is 22.3 Å². The molecule has 0 spiro atoms. The minimum atomic E-state index is -1.01. The van der Waals surface area contributed by atoms with Crippen molar-refractivity contribution in [3.63, 3.8) is 0 Å². The first-order valence-electron chi connectivity index (χ1n) is 15.9. The van der Waals surface area contributed by atoms with Crippen molar-refractivity contribution in [1.29, 1.82) is 0 Å². The molecule has 0 heterocycles. The lowest BCUT2D eigenvalue weighted by molar-refractivity contribution is -0.139. The topological polar surface area (TPSA) is 55.8 Å². The predicted molar refractivity (Wildman–Crippen MR) is 189 cm³/mol. The standard InChI is InChI=1S/C42H42O4/c1-28(2)31-6-10-33(11-7-31)35-14-18-37(19-15-35)40(24-25-45-39-22-23-41(30(5)26-39)46-27-42(43)44)38-20-16-36(17-21-38)34-12-8-32(9-13-34)29(3)4/h6-24,26,28-29H,25,27H2,1-5H3,(H,43,44). The molecule has 0 amide bonds. The van der Waals surface area contributed by atoms with Gasteiger partial charge in [-0.15, -0.1) is 0 Å². The van der Waals surface area contributed by atoms with Crippen LogP contribution in [0.25, 0.3) is 27.8 Å². The van der Waals surface area contributed by atoms with Gasteiger partial charge in [-0.2, -0.15) is 0 Å². The molecule has 0 saturated heterocycles. The first-order chi connectivity index (χ1) is 22.2. The fraction of sp³-hybridized carbons (Fsp3) is 0.214. The monoisotopic (exact) mass is 610 g/mol. The number of hydrogen-bond donors (Lipinski definition) is 1. The third kappa shape index (κ3) is 8.13. The van der Waals surface area contributed by atoms with E-state index in [1.807, 2.05) is 13.0 Å². The van der Waals surface area contributed by atoms with Crippen molar-refractivity contribution in [1.82, 2.24) is 0 Å². The molecule has 0 aromatic heterocycles. The molecule has 0 saturated carbocycles. The van der Waals surface area contributed by atoms with Crippen LogP contribution in [0.15, 0.2) is 121 Å². The van der Waals surface area contributed by atoms with Crippen LogP contribution in [-0.4, -0.2) is 24.3 Å². The second-order valence-corrected chi connectivity index (χ2v) is 12.2. The van der Waals surface area contributed by atoms with Crippen LogP contribution in [0.2, 0.25) is 0 Å². The van der Waals surface area contributed by atoms with Gasteiger partial charge in [0, 0.05) is 0 Å². The molecule has 46 heavy (non-hydrogen) atoms. The Balaban J connectivity index is 1.40. The molecule has 0 radical (unpaired) electrons. The first-order valence-corrected chi connectivity index (χ1v) is 15.9. The third-order valence-electron chi connectivity index (χ3n) is 8.25. The zero-order valence-electron chi connectivity index (χ0n) is 27.3. The van der Waals surface area contributed by atoms with E-state index in [1.165, 1.54) is 33.4 Å². The molecule has 0 aliphatic rings. The van der Waals surface area contributed by atoms with Crippen LogP contribution in [0, 0.1) is 6.92 Å². The zero-order valence-corrected chi connectivity index (χ0v) is 27.3. The summed E-state index contributed by atoms with van der Waals surface area (Å²) in [5.74, 6) is 1.22. The molecule has 5 aromatic rings. The lowest BCUT2D eigenvalue weighted by Crippen LogP contribution is -2.10. The van der Waals surface area contributed by atoms with E-state index in [4.69, 9.17) is 14.6 Å². The second kappa shape index (κ2) is 14.8. The van der Waals surface area contributed by atoms with Gasteiger partial charge in [-0.25, -0.2) is 4.79 Å². The van der Waals surface area contributed by atoms with Crippen LogP contribution in [0.4, 0.5) is 0 Å². The number of aryl methyl sites for hydroxylation is 1. The summed E-state index contributed by atoms with van der Waals surface area (Å²) in [7, 11) is 0. The molecule has 0 bridgehead atoms. The Morgan fingerprint density at radius 3 is 1.46 bits per heavy atom. The van der Waals surface area contributed by atoms with Crippen molar-refractivity contribution in [2.24, 2.45) is 0 Å². The van der Waals surface area contributed by atoms with Crippen LogP contribution < -0.4 is 9.47 Å². The fourth-order valence-corrected chi connectivity index (χ4v) is 5.44. The Labute approximate surface area is 273 Å². The summed E-state index contributed by atoms with van der Waals surface area (Å²) in [6.45, 7) is 10.7. The van der Waals surface area contributed by atoms with Crippen molar-refractivity contribution in [2.75, 3.05) is 13.2 Å². The minimum Gasteiger partial charge on any atom is -0.489 e. The average Bonchev–Trinajstić information content (AvgIpc) is 3.06. The van der Waals surface area contributed by atoms with Crippen molar-refractivity contribution in [3.8, 4) is 33.8 Å². The minimum absolute atomic E-state index is 0.362. The zero-order chi connectivity index (χ0) is 32.6. The van der Waals surface area contributed by atoms with Crippen LogP contribution >= 0.6 is 0 Å². The molecule has 5 rings (SSSR count). The maximum absolute atomic E-state index is 10.9. The van der Waals surface area contributed by atoms with Gasteiger partial charge in [0.25, 0.3) is 0 Å². The number of ether oxygens (including phenoxy) is 2. The normalized spacial score (nSPS) is 11.0.